The number of carbonyl (C=O) groups excluding carboxylic acids is 1. The molecule has 4 nitrogen and oxygen atoms in total. The van der Waals surface area contributed by atoms with Gasteiger partial charge in [0.1, 0.15) is 5.76 Å². The van der Waals surface area contributed by atoms with Crippen LogP contribution in [0.5, 0.6) is 0 Å². The molecule has 4 aromatic rings. The summed E-state index contributed by atoms with van der Waals surface area (Å²) >= 11 is 0. The van der Waals surface area contributed by atoms with Crippen molar-refractivity contribution < 1.29 is 9.21 Å². The Morgan fingerprint density at radius 2 is 1.69 bits per heavy atom. The molecule has 0 spiro atoms. The van der Waals surface area contributed by atoms with Crippen LogP contribution < -0.4 is 0 Å². The number of benzene rings is 2. The van der Waals surface area contributed by atoms with Gasteiger partial charge in [0.05, 0.1) is 19.4 Å². The zero-order chi connectivity index (χ0) is 22.2. The van der Waals surface area contributed by atoms with Crippen LogP contribution in [0.15, 0.2) is 95.7 Å². The molecule has 0 fully saturated rings. The van der Waals surface area contributed by atoms with Gasteiger partial charge in [-0.2, -0.15) is 0 Å². The second kappa shape index (κ2) is 10.7. The smallest absolute Gasteiger partial charge is 0.254 e. The fraction of sp³-hybridized carbons (Fsp3) is 0.250. The van der Waals surface area contributed by atoms with Gasteiger partial charge >= 0.3 is 0 Å². The van der Waals surface area contributed by atoms with Crippen LogP contribution in [0, 0.1) is 0 Å². The molecule has 0 saturated heterocycles. The Morgan fingerprint density at radius 1 is 0.875 bits per heavy atom. The summed E-state index contributed by atoms with van der Waals surface area (Å²) in [5, 5.41) is 0. The summed E-state index contributed by atoms with van der Waals surface area (Å²) in [4.78, 5) is 15.3. The number of amides is 1. The van der Waals surface area contributed by atoms with E-state index >= 15 is 0 Å². The largest absolute Gasteiger partial charge is 0.467 e. The highest BCUT2D eigenvalue weighted by Gasteiger charge is 2.19. The Hall–Kier alpha value is -3.53. The van der Waals surface area contributed by atoms with Crippen molar-refractivity contribution in [1.82, 2.24) is 9.47 Å². The second-order valence-corrected chi connectivity index (χ2v) is 8.15. The molecule has 0 aliphatic carbocycles. The van der Waals surface area contributed by atoms with Crippen LogP contribution in [-0.4, -0.2) is 15.4 Å². The molecule has 0 aliphatic rings. The Labute approximate surface area is 190 Å². The molecule has 2 aromatic heterocycles. The van der Waals surface area contributed by atoms with Gasteiger partial charge in [-0.15, -0.1) is 0 Å². The maximum Gasteiger partial charge on any atom is 0.254 e. The number of aromatic nitrogens is 1. The molecular formula is C28H30N2O2. The monoisotopic (exact) mass is 426 g/mol. The van der Waals surface area contributed by atoms with E-state index in [1.165, 1.54) is 17.5 Å². The third-order valence-corrected chi connectivity index (χ3v) is 5.71. The summed E-state index contributed by atoms with van der Waals surface area (Å²) in [6, 6.07) is 26.3. The number of unbranched alkanes of at least 4 members (excludes halogenated alkanes) is 1. The zero-order valence-corrected chi connectivity index (χ0v) is 18.6. The first-order valence-electron chi connectivity index (χ1n) is 11.3. The van der Waals surface area contributed by atoms with Crippen LogP contribution in [0.3, 0.4) is 0 Å². The SMILES string of the molecule is CCCCc1ccc(C(=O)N(Cc2ccco2)Cc2cccn2Cc2ccccc2)cc1. The lowest BCUT2D eigenvalue weighted by Crippen LogP contribution is -2.31. The molecule has 0 N–H and O–H groups in total. The number of nitrogens with zero attached hydrogens (tertiary/aromatic N) is 2. The molecule has 1 amide bonds. The molecule has 0 saturated carbocycles. The van der Waals surface area contributed by atoms with Crippen molar-refractivity contribution in [2.75, 3.05) is 0 Å². The van der Waals surface area contributed by atoms with Gasteiger partial charge in [-0.25, -0.2) is 0 Å². The van der Waals surface area contributed by atoms with E-state index in [2.05, 4.69) is 60.2 Å². The highest BCUT2D eigenvalue weighted by Crippen LogP contribution is 2.17. The van der Waals surface area contributed by atoms with Gasteiger partial charge in [0.15, 0.2) is 0 Å². The topological polar surface area (TPSA) is 38.4 Å². The first-order valence-corrected chi connectivity index (χ1v) is 11.3. The van der Waals surface area contributed by atoms with Crippen molar-refractivity contribution >= 4 is 5.91 Å². The molecule has 4 heteroatoms. The Kier molecular flexibility index (Phi) is 7.23. The first-order chi connectivity index (χ1) is 15.7. The lowest BCUT2D eigenvalue weighted by atomic mass is 10.1. The van der Waals surface area contributed by atoms with E-state index in [1.54, 1.807) is 6.26 Å². The van der Waals surface area contributed by atoms with Gasteiger partial charge in [-0.1, -0.05) is 55.8 Å². The van der Waals surface area contributed by atoms with Crippen LogP contribution in [0.4, 0.5) is 0 Å². The number of aryl methyl sites for hydroxylation is 1. The average molecular weight is 427 g/mol. The number of furan rings is 1. The molecular weight excluding hydrogens is 396 g/mol. The Morgan fingerprint density at radius 3 is 2.41 bits per heavy atom. The average Bonchev–Trinajstić information content (AvgIpc) is 3.50. The van der Waals surface area contributed by atoms with Crippen LogP contribution >= 0.6 is 0 Å². The molecule has 2 heterocycles. The summed E-state index contributed by atoms with van der Waals surface area (Å²) in [6.45, 7) is 3.91. The molecule has 0 aliphatic heterocycles. The molecule has 0 bridgehead atoms. The first kappa shape index (κ1) is 21.7. The summed E-state index contributed by atoms with van der Waals surface area (Å²) in [7, 11) is 0. The highest BCUT2D eigenvalue weighted by molar-refractivity contribution is 5.94. The molecule has 32 heavy (non-hydrogen) atoms. The quantitative estimate of drug-likeness (QED) is 0.298. The Balaban J connectivity index is 1.54. The molecule has 0 unspecified atom stereocenters. The fourth-order valence-corrected chi connectivity index (χ4v) is 3.89. The van der Waals surface area contributed by atoms with Gasteiger partial charge in [-0.05, 0) is 60.4 Å². The van der Waals surface area contributed by atoms with Gasteiger partial charge in [-0.3, -0.25) is 4.79 Å². The van der Waals surface area contributed by atoms with Gasteiger partial charge in [0.25, 0.3) is 5.91 Å². The van der Waals surface area contributed by atoms with Crippen molar-refractivity contribution in [2.24, 2.45) is 0 Å². The van der Waals surface area contributed by atoms with Crippen LogP contribution in [-0.2, 0) is 26.1 Å². The standard InChI is InChI=1S/C28H30N2O2/c1-2-3-9-23-14-16-25(17-15-23)28(31)30(22-27-13-8-19-32-27)21-26-12-7-18-29(26)20-24-10-5-4-6-11-24/h4-8,10-19H,2-3,9,20-22H2,1H3. The van der Waals surface area contributed by atoms with E-state index in [1.807, 2.05) is 41.3 Å². The normalized spacial score (nSPS) is 10.9. The number of hydrogen-bond donors (Lipinski definition) is 0. The van der Waals surface area contributed by atoms with Gasteiger partial charge in [0.2, 0.25) is 0 Å². The van der Waals surface area contributed by atoms with Crippen molar-refractivity contribution in [1.29, 1.82) is 0 Å². The van der Waals surface area contributed by atoms with Gasteiger partial charge in [0, 0.05) is 24.0 Å². The third kappa shape index (κ3) is 5.58. The molecule has 2 aromatic carbocycles. The minimum absolute atomic E-state index is 0.0101. The van der Waals surface area contributed by atoms with E-state index in [9.17, 15) is 4.79 Å². The minimum atomic E-state index is 0.0101. The van der Waals surface area contributed by atoms with Gasteiger partial charge < -0.3 is 13.9 Å². The predicted octanol–water partition coefficient (Wildman–Crippen LogP) is 6.31. The lowest BCUT2D eigenvalue weighted by molar-refractivity contribution is 0.0713. The highest BCUT2D eigenvalue weighted by atomic mass is 16.3. The van der Waals surface area contributed by atoms with E-state index < -0.39 is 0 Å². The molecule has 0 radical (unpaired) electrons. The fourth-order valence-electron chi connectivity index (χ4n) is 3.89. The minimum Gasteiger partial charge on any atom is -0.467 e. The summed E-state index contributed by atoms with van der Waals surface area (Å²) in [5.74, 6) is 0.787. The van der Waals surface area contributed by atoms with E-state index in [-0.39, 0.29) is 5.91 Å². The van der Waals surface area contributed by atoms with Crippen molar-refractivity contribution in [2.45, 2.75) is 45.8 Å². The van der Waals surface area contributed by atoms with Crippen molar-refractivity contribution in [3.63, 3.8) is 0 Å². The molecule has 4 rings (SSSR count). The van der Waals surface area contributed by atoms with E-state index in [0.29, 0.717) is 18.7 Å². The zero-order valence-electron chi connectivity index (χ0n) is 18.6. The van der Waals surface area contributed by atoms with Crippen molar-refractivity contribution in [3.8, 4) is 0 Å². The maximum absolute atomic E-state index is 13.5. The molecule has 164 valence electrons. The molecule has 0 atom stereocenters. The van der Waals surface area contributed by atoms with E-state index in [4.69, 9.17) is 4.42 Å². The second-order valence-electron chi connectivity index (χ2n) is 8.15. The summed E-state index contributed by atoms with van der Waals surface area (Å²) in [5.41, 5.74) is 4.31. The van der Waals surface area contributed by atoms with Crippen LogP contribution in [0.2, 0.25) is 0 Å². The van der Waals surface area contributed by atoms with Crippen molar-refractivity contribution in [3.05, 3.63) is 119 Å². The third-order valence-electron chi connectivity index (χ3n) is 5.71. The van der Waals surface area contributed by atoms with Crippen LogP contribution in [0.25, 0.3) is 0 Å². The van der Waals surface area contributed by atoms with Crippen LogP contribution in [0.1, 0.15) is 52.7 Å². The number of carbonyl (C=O) groups is 1. The predicted molar refractivity (Wildman–Crippen MR) is 127 cm³/mol. The summed E-state index contributed by atoms with van der Waals surface area (Å²) in [6.07, 6.45) is 7.10. The maximum atomic E-state index is 13.5. The number of rotatable bonds is 10. The Bertz CT molecular complexity index is 1100. The number of hydrogen-bond acceptors (Lipinski definition) is 2. The lowest BCUT2D eigenvalue weighted by Gasteiger charge is -2.23. The van der Waals surface area contributed by atoms with E-state index in [0.717, 1.165) is 30.8 Å². The summed E-state index contributed by atoms with van der Waals surface area (Å²) < 4.78 is 7.76.